The number of imidazole rings is 1. The predicted octanol–water partition coefficient (Wildman–Crippen LogP) is 16.1. The number of aromatic nitrogens is 2. The molecule has 0 aliphatic carbocycles. The van der Waals surface area contributed by atoms with Gasteiger partial charge in [-0.3, -0.25) is 4.40 Å². The van der Waals surface area contributed by atoms with Crippen molar-refractivity contribution < 1.29 is 0 Å². The van der Waals surface area contributed by atoms with Gasteiger partial charge in [-0.2, -0.15) is 0 Å². The van der Waals surface area contributed by atoms with Gasteiger partial charge in [0.05, 0.1) is 21.4 Å². The Morgan fingerprint density at radius 2 is 0.883 bits per heavy atom. The number of thiophene rings is 1. The minimum absolute atomic E-state index is 1.00. The lowest BCUT2D eigenvalue weighted by atomic mass is 9.91. The second-order valence-electron chi connectivity index (χ2n) is 15.9. The van der Waals surface area contributed by atoms with Crippen molar-refractivity contribution in [3.05, 3.63) is 206 Å². The van der Waals surface area contributed by atoms with Crippen molar-refractivity contribution in [3.63, 3.8) is 0 Å². The van der Waals surface area contributed by atoms with Crippen LogP contribution in [0.4, 0.5) is 0 Å². The van der Waals surface area contributed by atoms with Crippen molar-refractivity contribution in [1.82, 2.24) is 9.38 Å². The van der Waals surface area contributed by atoms with Crippen LogP contribution in [-0.2, 0) is 0 Å². The summed E-state index contributed by atoms with van der Waals surface area (Å²) >= 11 is 1.86. The van der Waals surface area contributed by atoms with Crippen molar-refractivity contribution in [3.8, 4) is 44.6 Å². The van der Waals surface area contributed by atoms with Crippen molar-refractivity contribution >= 4 is 91.3 Å². The Morgan fingerprint density at radius 3 is 1.57 bits per heavy atom. The van der Waals surface area contributed by atoms with E-state index in [2.05, 4.69) is 211 Å². The average Bonchev–Trinajstić information content (AvgIpc) is 3.88. The van der Waals surface area contributed by atoms with Crippen LogP contribution < -0.4 is 0 Å². The molecule has 0 radical (unpaired) electrons. The third kappa shape index (κ3) is 5.10. The molecule has 2 nitrogen and oxygen atoms in total. The Bertz CT molecular complexity index is 3860. The molecule has 60 heavy (non-hydrogen) atoms. The van der Waals surface area contributed by atoms with Gasteiger partial charge in [0, 0.05) is 15.5 Å². The Balaban J connectivity index is 0.985. The first-order valence-corrected chi connectivity index (χ1v) is 21.3. The maximum atomic E-state index is 5.46. The van der Waals surface area contributed by atoms with Gasteiger partial charge in [-0.1, -0.05) is 176 Å². The fourth-order valence-corrected chi connectivity index (χ4v) is 10.9. The summed E-state index contributed by atoms with van der Waals surface area (Å²) in [6.07, 6.45) is 0. The minimum Gasteiger partial charge on any atom is -0.291 e. The van der Waals surface area contributed by atoms with Crippen molar-refractivity contribution in [2.24, 2.45) is 0 Å². The summed E-state index contributed by atoms with van der Waals surface area (Å²) in [5.41, 5.74) is 12.8. The van der Waals surface area contributed by atoms with Crippen LogP contribution in [0.5, 0.6) is 0 Å². The van der Waals surface area contributed by atoms with Gasteiger partial charge in [0.25, 0.3) is 0 Å². The quantitative estimate of drug-likeness (QED) is 0.163. The fraction of sp³-hybridized carbons (Fsp3) is 0. The SMILES string of the molecule is c1ccc(-c2ccc(-c3ccc(-c4ccc(-c5cc6c7ccc8ccccc8c7sc6c6nc7cc8cc9ccccc9cc8cc7n56)cc4)c4ccccc34)cc2)cc1. The lowest BCUT2D eigenvalue weighted by molar-refractivity contribution is 1.25. The largest absolute Gasteiger partial charge is 0.291 e. The third-order valence-electron chi connectivity index (χ3n) is 12.5. The maximum Gasteiger partial charge on any atom is 0.156 e. The molecule has 3 heterocycles. The molecule has 0 amide bonds. The fourth-order valence-electron chi connectivity index (χ4n) is 9.57. The van der Waals surface area contributed by atoms with E-state index in [1.165, 1.54) is 96.6 Å². The zero-order valence-electron chi connectivity index (χ0n) is 32.4. The first-order valence-electron chi connectivity index (χ1n) is 20.5. The zero-order chi connectivity index (χ0) is 39.3. The molecule has 0 saturated carbocycles. The lowest BCUT2D eigenvalue weighted by Crippen LogP contribution is -1.93. The standard InChI is InChI=1S/C57H34N2S/c1-2-10-35(11-3-1)36-18-20-38(21-19-36)45-28-29-46(49-17-9-8-16-48(45)49)39-22-24-40(25-23-39)53-34-51-50-27-26-37-12-6-7-15-47(37)55(50)60-56(51)57-58-52-32-43-30-41-13-4-5-14-42(41)31-44(43)33-54(52)59(53)57/h1-34H. The Kier molecular flexibility index (Phi) is 7.21. The van der Waals surface area contributed by atoms with Gasteiger partial charge < -0.3 is 0 Å². The van der Waals surface area contributed by atoms with Crippen LogP contribution in [0, 0.1) is 0 Å². The summed E-state index contributed by atoms with van der Waals surface area (Å²) in [6.45, 7) is 0. The van der Waals surface area contributed by atoms with Gasteiger partial charge in [-0.15, -0.1) is 11.3 Å². The van der Waals surface area contributed by atoms with E-state index in [0.717, 1.165) is 27.9 Å². The van der Waals surface area contributed by atoms with E-state index in [1.54, 1.807) is 0 Å². The molecule has 0 bridgehead atoms. The van der Waals surface area contributed by atoms with Gasteiger partial charge >= 0.3 is 0 Å². The number of hydrogen-bond acceptors (Lipinski definition) is 2. The number of fused-ring (bicyclic) bond motifs is 12. The molecule has 0 aliphatic rings. The average molecular weight is 779 g/mol. The Hall–Kier alpha value is -7.59. The van der Waals surface area contributed by atoms with Crippen LogP contribution in [0.25, 0.3) is 125 Å². The molecule has 0 aliphatic heterocycles. The summed E-state index contributed by atoms with van der Waals surface area (Å²) in [4.78, 5) is 5.46. The summed E-state index contributed by atoms with van der Waals surface area (Å²) in [7, 11) is 0. The van der Waals surface area contributed by atoms with Crippen molar-refractivity contribution in [2.45, 2.75) is 0 Å². The number of pyridine rings is 1. The van der Waals surface area contributed by atoms with Gasteiger partial charge in [-0.05, 0) is 112 Å². The van der Waals surface area contributed by atoms with E-state index in [4.69, 9.17) is 4.98 Å². The molecule has 10 aromatic carbocycles. The summed E-state index contributed by atoms with van der Waals surface area (Å²) in [5.74, 6) is 0. The zero-order valence-corrected chi connectivity index (χ0v) is 33.2. The van der Waals surface area contributed by atoms with Gasteiger partial charge in [0.1, 0.15) is 0 Å². The Labute approximate surface area is 349 Å². The first-order chi connectivity index (χ1) is 29.7. The molecule has 278 valence electrons. The highest BCUT2D eigenvalue weighted by molar-refractivity contribution is 7.27. The lowest BCUT2D eigenvalue weighted by Gasteiger charge is -2.14. The van der Waals surface area contributed by atoms with Crippen LogP contribution in [-0.4, -0.2) is 9.38 Å². The monoisotopic (exact) mass is 778 g/mol. The summed E-state index contributed by atoms with van der Waals surface area (Å²) in [5, 5.41) is 12.5. The highest BCUT2D eigenvalue weighted by Gasteiger charge is 2.20. The molecule has 0 fully saturated rings. The van der Waals surface area contributed by atoms with Crippen LogP contribution in [0.3, 0.4) is 0 Å². The summed E-state index contributed by atoms with van der Waals surface area (Å²) < 4.78 is 4.93. The van der Waals surface area contributed by atoms with E-state index in [1.807, 2.05) is 11.3 Å². The summed E-state index contributed by atoms with van der Waals surface area (Å²) in [6, 6.07) is 75.7. The smallest absolute Gasteiger partial charge is 0.156 e. The van der Waals surface area contributed by atoms with Gasteiger partial charge in [0.2, 0.25) is 0 Å². The molecule has 13 aromatic rings. The number of hydrogen-bond donors (Lipinski definition) is 0. The van der Waals surface area contributed by atoms with Crippen LogP contribution in [0.2, 0.25) is 0 Å². The number of rotatable bonds is 4. The van der Waals surface area contributed by atoms with E-state index < -0.39 is 0 Å². The van der Waals surface area contributed by atoms with Gasteiger partial charge in [-0.25, -0.2) is 4.98 Å². The predicted molar refractivity (Wildman–Crippen MR) is 257 cm³/mol. The van der Waals surface area contributed by atoms with Gasteiger partial charge in [0.15, 0.2) is 5.65 Å². The normalized spacial score (nSPS) is 12.0. The molecular weight excluding hydrogens is 745 g/mol. The molecule has 0 spiro atoms. The second kappa shape index (κ2) is 13.0. The Morgan fingerprint density at radius 1 is 0.333 bits per heavy atom. The first kappa shape index (κ1) is 33.4. The van der Waals surface area contributed by atoms with E-state index >= 15 is 0 Å². The topological polar surface area (TPSA) is 17.3 Å². The van der Waals surface area contributed by atoms with Crippen molar-refractivity contribution in [2.75, 3.05) is 0 Å². The molecule has 0 atom stereocenters. The van der Waals surface area contributed by atoms with Crippen LogP contribution >= 0.6 is 11.3 Å². The highest BCUT2D eigenvalue weighted by Crippen LogP contribution is 2.44. The third-order valence-corrected chi connectivity index (χ3v) is 13.8. The van der Waals surface area contributed by atoms with Crippen LogP contribution in [0.15, 0.2) is 206 Å². The minimum atomic E-state index is 1.00. The number of benzene rings is 10. The maximum absolute atomic E-state index is 5.46. The molecule has 3 aromatic heterocycles. The molecular formula is C57H34N2S. The molecule has 13 rings (SSSR count). The second-order valence-corrected chi connectivity index (χ2v) is 16.9. The molecule has 3 heteroatoms. The molecule has 0 saturated heterocycles. The molecule has 0 N–H and O–H groups in total. The highest BCUT2D eigenvalue weighted by atomic mass is 32.1. The van der Waals surface area contributed by atoms with E-state index in [9.17, 15) is 0 Å². The van der Waals surface area contributed by atoms with E-state index in [-0.39, 0.29) is 0 Å². The van der Waals surface area contributed by atoms with E-state index in [0.29, 0.717) is 0 Å². The molecule has 0 unspecified atom stereocenters. The van der Waals surface area contributed by atoms with Crippen molar-refractivity contribution in [1.29, 1.82) is 0 Å². The van der Waals surface area contributed by atoms with Crippen LogP contribution in [0.1, 0.15) is 0 Å². The number of nitrogens with zero attached hydrogens (tertiary/aromatic N) is 2.